The molecule has 0 aliphatic rings. The SMILES string of the molecule is CCC(C)(C)CC(C)(CNC(=O)OCCOC(C)C)NC(=O)C(C)C. The van der Waals surface area contributed by atoms with E-state index in [1.165, 1.54) is 0 Å². The fourth-order valence-corrected chi connectivity index (χ4v) is 2.51. The van der Waals surface area contributed by atoms with Crippen LogP contribution in [0.5, 0.6) is 0 Å². The van der Waals surface area contributed by atoms with Gasteiger partial charge in [0.25, 0.3) is 0 Å². The van der Waals surface area contributed by atoms with Gasteiger partial charge in [0.2, 0.25) is 5.91 Å². The van der Waals surface area contributed by atoms with E-state index in [0.29, 0.717) is 13.2 Å². The summed E-state index contributed by atoms with van der Waals surface area (Å²) < 4.78 is 10.4. The maximum atomic E-state index is 12.2. The van der Waals surface area contributed by atoms with Crippen LogP contribution in [0.25, 0.3) is 0 Å². The summed E-state index contributed by atoms with van der Waals surface area (Å²) in [5, 5.41) is 5.86. The molecule has 0 fully saturated rings. The average molecular weight is 359 g/mol. The van der Waals surface area contributed by atoms with Gasteiger partial charge < -0.3 is 20.1 Å². The van der Waals surface area contributed by atoms with Crippen molar-refractivity contribution >= 4 is 12.0 Å². The molecule has 0 aromatic rings. The molecular formula is C19H38N2O4. The first-order valence-corrected chi connectivity index (χ1v) is 9.25. The van der Waals surface area contributed by atoms with E-state index in [2.05, 4.69) is 31.4 Å². The van der Waals surface area contributed by atoms with E-state index in [-0.39, 0.29) is 30.0 Å². The Morgan fingerprint density at radius 1 is 1.04 bits per heavy atom. The summed E-state index contributed by atoms with van der Waals surface area (Å²) in [6, 6.07) is 0. The highest BCUT2D eigenvalue weighted by atomic mass is 16.6. The van der Waals surface area contributed by atoms with Crippen LogP contribution in [-0.2, 0) is 14.3 Å². The first-order valence-electron chi connectivity index (χ1n) is 9.25. The number of ether oxygens (including phenoxy) is 2. The van der Waals surface area contributed by atoms with Gasteiger partial charge in [-0.2, -0.15) is 0 Å². The van der Waals surface area contributed by atoms with Crippen LogP contribution in [0.15, 0.2) is 0 Å². The van der Waals surface area contributed by atoms with E-state index in [4.69, 9.17) is 9.47 Å². The minimum Gasteiger partial charge on any atom is -0.447 e. The van der Waals surface area contributed by atoms with Gasteiger partial charge in [-0.3, -0.25) is 4.79 Å². The molecule has 148 valence electrons. The van der Waals surface area contributed by atoms with Gasteiger partial charge in [0.15, 0.2) is 0 Å². The summed E-state index contributed by atoms with van der Waals surface area (Å²) in [6.07, 6.45) is 1.35. The number of hydrogen-bond donors (Lipinski definition) is 2. The second-order valence-electron chi connectivity index (χ2n) is 8.31. The Bertz CT molecular complexity index is 422. The van der Waals surface area contributed by atoms with Crippen molar-refractivity contribution in [1.82, 2.24) is 10.6 Å². The van der Waals surface area contributed by atoms with E-state index in [1.807, 2.05) is 34.6 Å². The van der Waals surface area contributed by atoms with Crippen LogP contribution in [0.4, 0.5) is 4.79 Å². The number of alkyl carbamates (subject to hydrolysis) is 1. The molecule has 0 saturated carbocycles. The van der Waals surface area contributed by atoms with Crippen molar-refractivity contribution < 1.29 is 19.1 Å². The Kier molecular flexibility index (Phi) is 10.1. The molecule has 0 aliphatic heterocycles. The number of hydrogen-bond acceptors (Lipinski definition) is 4. The van der Waals surface area contributed by atoms with Gasteiger partial charge >= 0.3 is 6.09 Å². The van der Waals surface area contributed by atoms with E-state index in [9.17, 15) is 9.59 Å². The molecule has 2 amide bonds. The lowest BCUT2D eigenvalue weighted by molar-refractivity contribution is -0.126. The minimum absolute atomic E-state index is 0.0186. The van der Waals surface area contributed by atoms with Crippen molar-refractivity contribution in [3.63, 3.8) is 0 Å². The Balaban J connectivity index is 4.67. The molecule has 1 unspecified atom stereocenters. The van der Waals surface area contributed by atoms with Crippen molar-refractivity contribution in [2.75, 3.05) is 19.8 Å². The first-order chi connectivity index (χ1) is 11.4. The van der Waals surface area contributed by atoms with Crippen molar-refractivity contribution in [3.8, 4) is 0 Å². The smallest absolute Gasteiger partial charge is 0.407 e. The second-order valence-corrected chi connectivity index (χ2v) is 8.31. The van der Waals surface area contributed by atoms with Crippen molar-refractivity contribution in [2.45, 2.75) is 79.9 Å². The van der Waals surface area contributed by atoms with Crippen LogP contribution in [-0.4, -0.2) is 43.4 Å². The van der Waals surface area contributed by atoms with Crippen molar-refractivity contribution in [1.29, 1.82) is 0 Å². The van der Waals surface area contributed by atoms with Crippen LogP contribution < -0.4 is 10.6 Å². The molecule has 6 nitrogen and oxygen atoms in total. The molecule has 0 rings (SSSR count). The lowest BCUT2D eigenvalue weighted by atomic mass is 9.77. The quantitative estimate of drug-likeness (QED) is 0.554. The first kappa shape index (κ1) is 23.7. The van der Waals surface area contributed by atoms with E-state index < -0.39 is 11.6 Å². The summed E-state index contributed by atoms with van der Waals surface area (Å²) in [5.41, 5.74) is -0.482. The molecule has 0 aromatic carbocycles. The molecule has 25 heavy (non-hydrogen) atoms. The minimum atomic E-state index is -0.533. The van der Waals surface area contributed by atoms with Gasteiger partial charge in [0.1, 0.15) is 6.61 Å². The zero-order chi connectivity index (χ0) is 19.7. The molecule has 1 atom stereocenters. The topological polar surface area (TPSA) is 76.7 Å². The number of rotatable bonds is 11. The Morgan fingerprint density at radius 2 is 1.64 bits per heavy atom. The van der Waals surface area contributed by atoms with Gasteiger partial charge in [-0.15, -0.1) is 0 Å². The number of amides is 2. The Hall–Kier alpha value is -1.30. The van der Waals surface area contributed by atoms with Gasteiger partial charge in [-0.05, 0) is 32.6 Å². The number of carbonyl (C=O) groups excluding carboxylic acids is 2. The van der Waals surface area contributed by atoms with Crippen LogP contribution in [0, 0.1) is 11.3 Å². The molecule has 0 saturated heterocycles. The summed E-state index contributed by atoms with van der Waals surface area (Å²) in [7, 11) is 0. The summed E-state index contributed by atoms with van der Waals surface area (Å²) in [6.45, 7) is 16.9. The third-order valence-electron chi connectivity index (χ3n) is 4.17. The monoisotopic (exact) mass is 358 g/mol. The molecule has 0 heterocycles. The third-order valence-corrected chi connectivity index (χ3v) is 4.17. The molecule has 0 spiro atoms. The molecule has 0 radical (unpaired) electrons. The summed E-state index contributed by atoms with van der Waals surface area (Å²) in [4.78, 5) is 24.1. The molecule has 0 aliphatic carbocycles. The van der Waals surface area contributed by atoms with Gasteiger partial charge in [-0.1, -0.05) is 41.0 Å². The van der Waals surface area contributed by atoms with Crippen molar-refractivity contribution in [3.05, 3.63) is 0 Å². The molecule has 6 heteroatoms. The van der Waals surface area contributed by atoms with Crippen LogP contribution in [0.1, 0.15) is 68.2 Å². The van der Waals surface area contributed by atoms with Gasteiger partial charge in [-0.25, -0.2) is 4.79 Å². The van der Waals surface area contributed by atoms with E-state index in [1.54, 1.807) is 0 Å². The van der Waals surface area contributed by atoms with E-state index >= 15 is 0 Å². The van der Waals surface area contributed by atoms with Crippen LogP contribution in [0.2, 0.25) is 0 Å². The number of carbonyl (C=O) groups is 2. The molecule has 2 N–H and O–H groups in total. The number of nitrogens with one attached hydrogen (secondary N) is 2. The van der Waals surface area contributed by atoms with Gasteiger partial charge in [0.05, 0.1) is 18.2 Å². The zero-order valence-corrected chi connectivity index (χ0v) is 17.3. The Morgan fingerprint density at radius 3 is 2.12 bits per heavy atom. The maximum absolute atomic E-state index is 12.2. The summed E-state index contributed by atoms with van der Waals surface area (Å²) >= 11 is 0. The lowest BCUT2D eigenvalue weighted by Gasteiger charge is -2.38. The molecular weight excluding hydrogens is 320 g/mol. The predicted molar refractivity (Wildman–Crippen MR) is 101 cm³/mol. The lowest BCUT2D eigenvalue weighted by Crippen LogP contribution is -2.56. The normalized spacial score (nSPS) is 14.3. The highest BCUT2D eigenvalue weighted by Gasteiger charge is 2.34. The molecule has 0 aromatic heterocycles. The molecule has 0 bridgehead atoms. The van der Waals surface area contributed by atoms with E-state index in [0.717, 1.165) is 12.8 Å². The second kappa shape index (κ2) is 10.6. The maximum Gasteiger partial charge on any atom is 0.407 e. The fourth-order valence-electron chi connectivity index (χ4n) is 2.51. The average Bonchev–Trinajstić information content (AvgIpc) is 2.48. The largest absolute Gasteiger partial charge is 0.447 e. The van der Waals surface area contributed by atoms with Crippen LogP contribution >= 0.6 is 0 Å². The summed E-state index contributed by atoms with van der Waals surface area (Å²) in [5.74, 6) is -0.126. The highest BCUT2D eigenvalue weighted by Crippen LogP contribution is 2.31. The highest BCUT2D eigenvalue weighted by molar-refractivity contribution is 5.78. The van der Waals surface area contributed by atoms with Crippen LogP contribution in [0.3, 0.4) is 0 Å². The van der Waals surface area contributed by atoms with Gasteiger partial charge in [0, 0.05) is 12.5 Å². The Labute approximate surface area is 153 Å². The predicted octanol–water partition coefficient (Wildman–Crippen LogP) is 3.49. The van der Waals surface area contributed by atoms with Crippen molar-refractivity contribution in [2.24, 2.45) is 11.3 Å². The third kappa shape index (κ3) is 11.0. The standard InChI is InChI=1S/C19H38N2O4/c1-9-18(6,7)12-19(8,21-16(22)14(2)3)13-20-17(23)25-11-10-24-15(4)5/h14-15H,9-13H2,1-8H3,(H,20,23)(H,21,22). The fraction of sp³-hybridized carbons (Fsp3) is 0.895. The zero-order valence-electron chi connectivity index (χ0n) is 17.3.